The van der Waals surface area contributed by atoms with E-state index in [9.17, 15) is 9.50 Å². The highest BCUT2D eigenvalue weighted by molar-refractivity contribution is 9.10. The molecule has 2 rings (SSSR count). The van der Waals surface area contributed by atoms with Crippen molar-refractivity contribution in [2.45, 2.75) is 38.1 Å². The second kappa shape index (κ2) is 3.70. The first-order valence-electron chi connectivity index (χ1n) is 5.34. The number of hydrogen-bond acceptors (Lipinski definition) is 2. The number of phenols is 1. The summed E-state index contributed by atoms with van der Waals surface area (Å²) in [6.45, 7) is 3.60. The maximum atomic E-state index is 13.7. The zero-order valence-electron chi connectivity index (χ0n) is 9.35. The summed E-state index contributed by atoms with van der Waals surface area (Å²) in [5.41, 5.74) is 6.90. The first-order chi connectivity index (χ1) is 7.40. The van der Waals surface area contributed by atoms with Crippen LogP contribution in [-0.2, 0) is 5.41 Å². The number of phenolic OH excluding ortho intramolecular Hbond substituents is 1. The molecule has 1 aromatic rings. The van der Waals surface area contributed by atoms with Gasteiger partial charge in [0.05, 0.1) is 4.47 Å². The molecule has 0 heterocycles. The Hall–Kier alpha value is -0.610. The van der Waals surface area contributed by atoms with Crippen LogP contribution in [0.3, 0.4) is 0 Å². The van der Waals surface area contributed by atoms with Gasteiger partial charge in [-0.1, -0.05) is 0 Å². The van der Waals surface area contributed by atoms with Crippen LogP contribution in [0.4, 0.5) is 4.39 Å². The summed E-state index contributed by atoms with van der Waals surface area (Å²) < 4.78 is 14.1. The van der Waals surface area contributed by atoms with Gasteiger partial charge in [0, 0.05) is 17.0 Å². The molecular weight excluding hydrogens is 273 g/mol. The maximum absolute atomic E-state index is 13.7. The summed E-state index contributed by atoms with van der Waals surface area (Å²) in [5.74, 6) is -0.166. The molecule has 3 N–H and O–H groups in total. The van der Waals surface area contributed by atoms with E-state index in [0.29, 0.717) is 15.6 Å². The van der Waals surface area contributed by atoms with E-state index in [1.165, 1.54) is 6.07 Å². The van der Waals surface area contributed by atoms with E-state index in [4.69, 9.17) is 5.73 Å². The molecule has 0 bridgehead atoms. The van der Waals surface area contributed by atoms with Gasteiger partial charge in [-0.05, 0) is 54.2 Å². The molecule has 1 atom stereocenters. The van der Waals surface area contributed by atoms with Crippen molar-refractivity contribution < 1.29 is 9.50 Å². The van der Waals surface area contributed by atoms with Crippen LogP contribution in [0.5, 0.6) is 5.75 Å². The molecule has 1 unspecified atom stereocenters. The molecule has 0 spiro atoms. The molecule has 1 fully saturated rings. The molecule has 1 aliphatic carbocycles. The van der Waals surface area contributed by atoms with Crippen molar-refractivity contribution in [2.75, 3.05) is 0 Å². The van der Waals surface area contributed by atoms with E-state index < -0.39 is 0 Å². The normalized spacial score (nSPS) is 19.6. The minimum atomic E-state index is -0.299. The lowest BCUT2D eigenvalue weighted by Crippen LogP contribution is -2.32. The number of benzene rings is 1. The van der Waals surface area contributed by atoms with Gasteiger partial charge in [-0.15, -0.1) is 0 Å². The van der Waals surface area contributed by atoms with Crippen molar-refractivity contribution in [3.05, 3.63) is 27.5 Å². The van der Waals surface area contributed by atoms with Crippen LogP contribution in [0.1, 0.15) is 30.9 Å². The molecule has 0 radical (unpaired) electrons. The molecule has 88 valence electrons. The lowest BCUT2D eigenvalue weighted by atomic mass is 9.85. The zero-order valence-corrected chi connectivity index (χ0v) is 10.9. The Kier molecular flexibility index (Phi) is 2.75. The van der Waals surface area contributed by atoms with Gasteiger partial charge in [0.25, 0.3) is 0 Å². The van der Waals surface area contributed by atoms with Crippen LogP contribution in [0.2, 0.25) is 0 Å². The van der Waals surface area contributed by atoms with E-state index in [0.717, 1.165) is 12.8 Å². The van der Waals surface area contributed by atoms with Crippen molar-refractivity contribution in [3.63, 3.8) is 0 Å². The summed E-state index contributed by atoms with van der Waals surface area (Å²) >= 11 is 3.17. The Bertz CT molecular complexity index is 415. The number of halogens is 2. The van der Waals surface area contributed by atoms with Gasteiger partial charge >= 0.3 is 0 Å². The SMILES string of the molecule is Cc1c(F)cc(Br)c(O)c1C1(C(C)N)CC1. The Labute approximate surface area is 103 Å². The van der Waals surface area contributed by atoms with Gasteiger partial charge in [0.1, 0.15) is 11.6 Å². The second-order valence-corrected chi connectivity index (χ2v) is 5.49. The predicted molar refractivity (Wildman–Crippen MR) is 65.1 cm³/mol. The molecule has 4 heteroatoms. The van der Waals surface area contributed by atoms with Crippen molar-refractivity contribution in [1.82, 2.24) is 0 Å². The van der Waals surface area contributed by atoms with Gasteiger partial charge in [-0.3, -0.25) is 0 Å². The summed E-state index contributed by atoms with van der Waals surface area (Å²) in [7, 11) is 0. The molecule has 0 saturated heterocycles. The fourth-order valence-corrected chi connectivity index (χ4v) is 2.78. The van der Waals surface area contributed by atoms with E-state index >= 15 is 0 Å². The van der Waals surface area contributed by atoms with E-state index in [-0.39, 0.29) is 23.0 Å². The molecule has 0 aliphatic heterocycles. The summed E-state index contributed by atoms with van der Waals surface area (Å²) in [4.78, 5) is 0. The predicted octanol–water partition coefficient (Wildman–Crippen LogP) is 2.98. The number of aromatic hydroxyl groups is 1. The minimum Gasteiger partial charge on any atom is -0.506 e. The Morgan fingerprint density at radius 2 is 2.12 bits per heavy atom. The lowest BCUT2D eigenvalue weighted by Gasteiger charge is -2.24. The topological polar surface area (TPSA) is 46.2 Å². The Morgan fingerprint density at radius 3 is 2.56 bits per heavy atom. The molecule has 2 nitrogen and oxygen atoms in total. The van der Waals surface area contributed by atoms with Crippen LogP contribution in [-0.4, -0.2) is 11.1 Å². The van der Waals surface area contributed by atoms with Crippen molar-refractivity contribution in [3.8, 4) is 5.75 Å². The quantitative estimate of drug-likeness (QED) is 0.878. The van der Waals surface area contributed by atoms with E-state index in [2.05, 4.69) is 15.9 Å². The Morgan fingerprint density at radius 1 is 1.56 bits per heavy atom. The average molecular weight is 288 g/mol. The highest BCUT2D eigenvalue weighted by Gasteiger charge is 2.50. The monoisotopic (exact) mass is 287 g/mol. The number of nitrogens with two attached hydrogens (primary N) is 1. The van der Waals surface area contributed by atoms with Crippen LogP contribution < -0.4 is 5.73 Å². The number of rotatable bonds is 2. The van der Waals surface area contributed by atoms with Gasteiger partial charge in [-0.2, -0.15) is 0 Å². The molecule has 16 heavy (non-hydrogen) atoms. The van der Waals surface area contributed by atoms with Gasteiger partial charge in [0.2, 0.25) is 0 Å². The first-order valence-corrected chi connectivity index (χ1v) is 6.13. The van der Waals surface area contributed by atoms with Crippen LogP contribution in [0.15, 0.2) is 10.5 Å². The highest BCUT2D eigenvalue weighted by atomic mass is 79.9. The molecule has 0 aromatic heterocycles. The first kappa shape index (κ1) is 11.9. The van der Waals surface area contributed by atoms with Crippen LogP contribution in [0, 0.1) is 12.7 Å². The molecular formula is C12H15BrFNO. The van der Waals surface area contributed by atoms with Crippen molar-refractivity contribution in [1.29, 1.82) is 0 Å². The van der Waals surface area contributed by atoms with Gasteiger partial charge in [-0.25, -0.2) is 4.39 Å². The zero-order chi connectivity index (χ0) is 12.1. The third-order valence-electron chi connectivity index (χ3n) is 3.61. The summed E-state index contributed by atoms with van der Waals surface area (Å²) in [6.07, 6.45) is 1.82. The van der Waals surface area contributed by atoms with Gasteiger partial charge in [0.15, 0.2) is 0 Å². The molecule has 0 amide bonds. The van der Waals surface area contributed by atoms with Crippen molar-refractivity contribution >= 4 is 15.9 Å². The minimum absolute atomic E-state index is 0.0780. The molecule has 1 aromatic carbocycles. The van der Waals surface area contributed by atoms with Crippen LogP contribution >= 0.6 is 15.9 Å². The summed E-state index contributed by atoms with van der Waals surface area (Å²) in [5, 5.41) is 10.1. The summed E-state index contributed by atoms with van der Waals surface area (Å²) in [6, 6.07) is 1.22. The standard InChI is InChI=1S/C12H15BrFNO/c1-6-9(14)5-8(13)11(16)10(6)12(3-4-12)7(2)15/h5,7,16H,3-4,15H2,1-2H3. The van der Waals surface area contributed by atoms with Crippen molar-refractivity contribution in [2.24, 2.45) is 5.73 Å². The largest absolute Gasteiger partial charge is 0.506 e. The van der Waals surface area contributed by atoms with Gasteiger partial charge < -0.3 is 10.8 Å². The third kappa shape index (κ3) is 1.55. The lowest BCUT2D eigenvalue weighted by molar-refractivity contribution is 0.437. The smallest absolute Gasteiger partial charge is 0.134 e. The Balaban J connectivity index is 2.65. The highest BCUT2D eigenvalue weighted by Crippen LogP contribution is 2.55. The number of hydrogen-bond donors (Lipinski definition) is 2. The van der Waals surface area contributed by atoms with Crippen LogP contribution in [0.25, 0.3) is 0 Å². The van der Waals surface area contributed by atoms with E-state index in [1.807, 2.05) is 6.92 Å². The fourth-order valence-electron chi connectivity index (χ4n) is 2.38. The molecule has 1 saturated carbocycles. The fraction of sp³-hybridized carbons (Fsp3) is 0.500. The third-order valence-corrected chi connectivity index (χ3v) is 4.21. The second-order valence-electron chi connectivity index (χ2n) is 4.63. The average Bonchev–Trinajstić information content (AvgIpc) is 2.97. The van der Waals surface area contributed by atoms with E-state index in [1.54, 1.807) is 6.92 Å². The molecule has 1 aliphatic rings. The maximum Gasteiger partial charge on any atom is 0.134 e.